The number of aliphatic hydroxyl groups excluding tert-OH is 1. The van der Waals surface area contributed by atoms with Gasteiger partial charge in [-0.25, -0.2) is 0 Å². The Kier molecular flexibility index (Phi) is 2.55. The molecule has 0 spiro atoms. The fourth-order valence-electron chi connectivity index (χ4n) is 0.255. The number of aliphatic hydroxyl groups is 1. The van der Waals surface area contributed by atoms with Crippen LogP contribution in [0.25, 0.3) is 0 Å². The molecule has 0 heterocycles. The van der Waals surface area contributed by atoms with Crippen molar-refractivity contribution >= 4 is 17.4 Å². The zero-order chi connectivity index (χ0) is 6.73. The molecule has 8 heavy (non-hydrogen) atoms. The predicted octanol–water partition coefficient (Wildman–Crippen LogP) is 1.60. The normalized spacial score (nSPS) is 12.9. The van der Waals surface area contributed by atoms with Gasteiger partial charge in [0.25, 0.3) is 0 Å². The Morgan fingerprint density at radius 2 is 1.88 bits per heavy atom. The molecular weight excluding hydrogens is 128 g/mol. The molecule has 0 unspecified atom stereocenters. The molecule has 0 saturated heterocycles. The van der Waals surface area contributed by atoms with E-state index in [0.29, 0.717) is 0 Å². The van der Waals surface area contributed by atoms with Crippen LogP contribution in [0, 0.1) is 0 Å². The summed E-state index contributed by atoms with van der Waals surface area (Å²) in [4.78, 5) is 10.2. The number of Topliss-reactive ketones (excluding diaryl/α,β-unsaturated/α-hetero) is 1. The van der Waals surface area contributed by atoms with Crippen molar-refractivity contribution in [2.24, 2.45) is 0 Å². The first kappa shape index (κ1) is 7.50. The molecule has 46 valence electrons. The van der Waals surface area contributed by atoms with Crippen LogP contribution in [0.5, 0.6) is 0 Å². The lowest BCUT2D eigenvalue weighted by Gasteiger charge is -1.90. The topological polar surface area (TPSA) is 37.3 Å². The van der Waals surface area contributed by atoms with Crippen LogP contribution >= 0.6 is 11.6 Å². The molecule has 0 aromatic rings. The minimum atomic E-state index is -0.313. The number of hydrogen-bond acceptors (Lipinski definition) is 2. The molecule has 0 fully saturated rings. The van der Waals surface area contributed by atoms with E-state index in [-0.39, 0.29) is 16.6 Å². The molecule has 0 aliphatic carbocycles. The van der Waals surface area contributed by atoms with Crippen LogP contribution in [0.1, 0.15) is 13.8 Å². The lowest BCUT2D eigenvalue weighted by molar-refractivity contribution is -0.113. The summed E-state index contributed by atoms with van der Waals surface area (Å²) in [6.45, 7) is 2.66. The third kappa shape index (κ3) is 1.98. The molecular formula is C5H7ClO2. The van der Waals surface area contributed by atoms with Gasteiger partial charge in [-0.15, -0.1) is 0 Å². The van der Waals surface area contributed by atoms with Gasteiger partial charge >= 0.3 is 0 Å². The third-order valence-electron chi connectivity index (χ3n) is 0.627. The van der Waals surface area contributed by atoms with Crippen molar-refractivity contribution < 1.29 is 9.90 Å². The molecule has 2 nitrogen and oxygen atoms in total. The Labute approximate surface area is 52.8 Å². The van der Waals surface area contributed by atoms with Crippen LogP contribution in [0.4, 0.5) is 0 Å². The summed E-state index contributed by atoms with van der Waals surface area (Å²) in [6.07, 6.45) is 0. The van der Waals surface area contributed by atoms with Crippen LogP contribution in [0.3, 0.4) is 0 Å². The Morgan fingerprint density at radius 3 is 1.88 bits per heavy atom. The number of hydrogen-bond donors (Lipinski definition) is 1. The number of halogens is 1. The maximum Gasteiger partial charge on any atom is 0.174 e. The monoisotopic (exact) mass is 134 g/mol. The summed E-state index contributed by atoms with van der Waals surface area (Å²) in [5, 5.41) is 8.43. The molecule has 0 radical (unpaired) electrons. The SMILES string of the molecule is CC(=O)C(Cl)=C(C)O. The summed E-state index contributed by atoms with van der Waals surface area (Å²) >= 11 is 5.23. The Hall–Kier alpha value is -0.500. The summed E-state index contributed by atoms with van der Waals surface area (Å²) in [5.74, 6) is -0.439. The molecule has 0 rings (SSSR count). The second kappa shape index (κ2) is 2.72. The number of rotatable bonds is 1. The maximum absolute atomic E-state index is 10.2. The van der Waals surface area contributed by atoms with Gasteiger partial charge in [0.15, 0.2) is 5.78 Å². The van der Waals surface area contributed by atoms with Crippen molar-refractivity contribution in [3.05, 3.63) is 10.8 Å². The molecule has 0 aromatic heterocycles. The number of ketones is 1. The highest BCUT2D eigenvalue weighted by molar-refractivity contribution is 6.42. The van der Waals surface area contributed by atoms with Gasteiger partial charge in [0, 0.05) is 6.92 Å². The lowest BCUT2D eigenvalue weighted by Crippen LogP contribution is -1.91. The van der Waals surface area contributed by atoms with E-state index in [2.05, 4.69) is 0 Å². The highest BCUT2D eigenvalue weighted by atomic mass is 35.5. The Bertz CT molecular complexity index is 133. The zero-order valence-corrected chi connectivity index (χ0v) is 5.49. The van der Waals surface area contributed by atoms with Crippen molar-refractivity contribution in [1.82, 2.24) is 0 Å². The van der Waals surface area contributed by atoms with Crippen molar-refractivity contribution in [2.45, 2.75) is 13.8 Å². The fourth-order valence-corrected chi connectivity index (χ4v) is 0.255. The van der Waals surface area contributed by atoms with Crippen molar-refractivity contribution in [3.63, 3.8) is 0 Å². The molecule has 0 saturated carbocycles. The van der Waals surface area contributed by atoms with Crippen LogP contribution < -0.4 is 0 Å². The first-order valence-electron chi connectivity index (χ1n) is 2.12. The van der Waals surface area contributed by atoms with Gasteiger partial charge in [-0.1, -0.05) is 11.6 Å². The van der Waals surface area contributed by atoms with E-state index >= 15 is 0 Å². The first-order chi connectivity index (χ1) is 3.55. The molecule has 0 aliphatic rings. The van der Waals surface area contributed by atoms with Crippen LogP contribution in [0.15, 0.2) is 10.8 Å². The van der Waals surface area contributed by atoms with E-state index < -0.39 is 0 Å². The molecule has 1 N–H and O–H groups in total. The van der Waals surface area contributed by atoms with Crippen molar-refractivity contribution in [3.8, 4) is 0 Å². The Morgan fingerprint density at radius 1 is 1.50 bits per heavy atom. The standard InChI is InChI=1S/C5H7ClO2/c1-3(7)5(6)4(2)8/h7H,1-2H3. The number of carbonyl (C=O) groups excluding carboxylic acids is 1. The van der Waals surface area contributed by atoms with Gasteiger partial charge in [0.05, 0.1) is 0 Å². The van der Waals surface area contributed by atoms with Crippen molar-refractivity contribution in [1.29, 1.82) is 0 Å². The summed E-state index contributed by atoms with van der Waals surface area (Å²) in [6, 6.07) is 0. The van der Waals surface area contributed by atoms with Crippen LogP contribution in [0.2, 0.25) is 0 Å². The Balaban J connectivity index is 4.23. The largest absolute Gasteiger partial charge is 0.511 e. The number of allylic oxidation sites excluding steroid dienone is 2. The fraction of sp³-hybridized carbons (Fsp3) is 0.400. The van der Waals surface area contributed by atoms with E-state index in [1.54, 1.807) is 0 Å². The second-order valence-corrected chi connectivity index (χ2v) is 1.83. The van der Waals surface area contributed by atoms with E-state index in [4.69, 9.17) is 16.7 Å². The van der Waals surface area contributed by atoms with Crippen LogP contribution in [-0.2, 0) is 4.79 Å². The third-order valence-corrected chi connectivity index (χ3v) is 1.17. The molecule has 0 bridgehead atoms. The predicted molar refractivity (Wildman–Crippen MR) is 31.9 cm³/mol. The van der Waals surface area contributed by atoms with Gasteiger partial charge in [-0.05, 0) is 6.92 Å². The zero-order valence-electron chi connectivity index (χ0n) is 4.73. The highest BCUT2D eigenvalue weighted by Gasteiger charge is 2.01. The smallest absolute Gasteiger partial charge is 0.174 e. The van der Waals surface area contributed by atoms with E-state index in [1.807, 2.05) is 0 Å². The summed E-state index contributed by atoms with van der Waals surface area (Å²) < 4.78 is 0. The molecule has 0 aromatic carbocycles. The van der Waals surface area contributed by atoms with Gasteiger partial charge in [0.1, 0.15) is 10.8 Å². The maximum atomic E-state index is 10.2. The minimum Gasteiger partial charge on any atom is -0.511 e. The van der Waals surface area contributed by atoms with Crippen LogP contribution in [-0.4, -0.2) is 10.9 Å². The highest BCUT2D eigenvalue weighted by Crippen LogP contribution is 2.06. The van der Waals surface area contributed by atoms with Gasteiger partial charge in [0.2, 0.25) is 0 Å². The van der Waals surface area contributed by atoms with Gasteiger partial charge < -0.3 is 5.11 Å². The van der Waals surface area contributed by atoms with E-state index in [0.717, 1.165) is 0 Å². The average Bonchev–Trinajstić information content (AvgIpc) is 1.64. The molecule has 0 amide bonds. The van der Waals surface area contributed by atoms with Gasteiger partial charge in [-0.2, -0.15) is 0 Å². The van der Waals surface area contributed by atoms with E-state index in [9.17, 15) is 4.79 Å². The summed E-state index contributed by atoms with van der Waals surface area (Å²) in [7, 11) is 0. The number of carbonyl (C=O) groups is 1. The average molecular weight is 135 g/mol. The first-order valence-corrected chi connectivity index (χ1v) is 2.49. The van der Waals surface area contributed by atoms with Crippen molar-refractivity contribution in [2.75, 3.05) is 0 Å². The molecule has 0 atom stereocenters. The second-order valence-electron chi connectivity index (χ2n) is 1.46. The van der Waals surface area contributed by atoms with E-state index in [1.165, 1.54) is 13.8 Å². The lowest BCUT2D eigenvalue weighted by atomic mass is 10.4. The summed E-state index contributed by atoms with van der Waals surface area (Å²) in [5.41, 5.74) is 0. The molecule has 3 heteroatoms. The quantitative estimate of drug-likeness (QED) is 0.437. The minimum absolute atomic E-state index is 0.0926. The van der Waals surface area contributed by atoms with Gasteiger partial charge in [-0.3, -0.25) is 4.79 Å². The molecule has 0 aliphatic heterocycles.